The molecule has 1 heterocycles. The van der Waals surface area contributed by atoms with Crippen LogP contribution >= 0.6 is 0 Å². The molecular weight excluding hydrogens is 282 g/mol. The summed E-state index contributed by atoms with van der Waals surface area (Å²) in [5.41, 5.74) is 0. The summed E-state index contributed by atoms with van der Waals surface area (Å²) < 4.78 is 27.5. The molecule has 0 bridgehead atoms. The summed E-state index contributed by atoms with van der Waals surface area (Å²) >= 11 is 0. The maximum atomic E-state index is 12.6. The normalized spacial score (nSPS) is 26.9. The second-order valence-corrected chi connectivity index (χ2v) is 7.39. The Labute approximate surface area is 119 Å². The zero-order valence-electron chi connectivity index (χ0n) is 11.8. The van der Waals surface area contributed by atoms with E-state index in [0.717, 1.165) is 36.4 Å². The first-order chi connectivity index (χ1) is 9.34. The molecule has 0 spiro atoms. The van der Waals surface area contributed by atoms with Crippen molar-refractivity contribution < 1.29 is 18.0 Å². The van der Waals surface area contributed by atoms with Gasteiger partial charge in [-0.05, 0) is 19.8 Å². The number of hydrogen-bond acceptors (Lipinski definition) is 4. The fraction of sp³-hybridized carbons (Fsp3) is 0.833. The van der Waals surface area contributed by atoms with Gasteiger partial charge in [0.15, 0.2) is 0 Å². The lowest BCUT2D eigenvalue weighted by Crippen LogP contribution is -2.61. The second-order valence-electron chi connectivity index (χ2n) is 5.45. The monoisotopic (exact) mass is 303 g/mol. The quantitative estimate of drug-likeness (QED) is 0.734. The number of amides is 2. The topological polar surface area (TPSA) is 86.8 Å². The van der Waals surface area contributed by atoms with Crippen LogP contribution in [-0.4, -0.2) is 54.5 Å². The molecule has 1 aliphatic heterocycles. The van der Waals surface area contributed by atoms with Gasteiger partial charge in [-0.15, -0.1) is 0 Å². The van der Waals surface area contributed by atoms with E-state index in [1.807, 2.05) is 0 Å². The first-order valence-electron chi connectivity index (χ1n) is 6.92. The zero-order valence-corrected chi connectivity index (χ0v) is 12.6. The Hall–Kier alpha value is -0.990. The Balaban J connectivity index is 2.19. The fourth-order valence-corrected chi connectivity index (χ4v) is 4.46. The van der Waals surface area contributed by atoms with Crippen molar-refractivity contribution in [3.63, 3.8) is 0 Å². The number of piperazine rings is 1. The molecule has 0 aromatic rings. The molecule has 0 aromatic heterocycles. The highest BCUT2D eigenvalue weighted by molar-refractivity contribution is 7.86. The molecule has 114 valence electrons. The number of nitrogens with zero attached hydrogens (tertiary/aromatic N) is 2. The Morgan fingerprint density at radius 1 is 1.20 bits per heavy atom. The van der Waals surface area contributed by atoms with E-state index in [0.29, 0.717) is 0 Å². The third-order valence-corrected chi connectivity index (χ3v) is 6.19. The molecule has 20 heavy (non-hydrogen) atoms. The average molecular weight is 303 g/mol. The summed E-state index contributed by atoms with van der Waals surface area (Å²) in [4.78, 5) is 23.0. The van der Waals surface area contributed by atoms with Crippen LogP contribution in [0.25, 0.3) is 0 Å². The van der Waals surface area contributed by atoms with E-state index >= 15 is 0 Å². The highest BCUT2D eigenvalue weighted by Crippen LogP contribution is 2.25. The van der Waals surface area contributed by atoms with E-state index < -0.39 is 28.1 Å². The average Bonchev–Trinajstić information content (AvgIpc) is 2.42. The summed E-state index contributed by atoms with van der Waals surface area (Å²) in [6, 6.07) is -0.898. The van der Waals surface area contributed by atoms with Crippen LogP contribution in [0.1, 0.15) is 39.0 Å². The Bertz CT molecular complexity index is 499. The van der Waals surface area contributed by atoms with Gasteiger partial charge in [-0.1, -0.05) is 19.3 Å². The summed E-state index contributed by atoms with van der Waals surface area (Å²) in [7, 11) is -2.25. The first-order valence-corrected chi connectivity index (χ1v) is 8.32. The van der Waals surface area contributed by atoms with Gasteiger partial charge in [0.25, 0.3) is 10.2 Å². The highest BCUT2D eigenvalue weighted by atomic mass is 32.2. The molecule has 8 heteroatoms. The van der Waals surface area contributed by atoms with Gasteiger partial charge >= 0.3 is 0 Å². The Kier molecular flexibility index (Phi) is 4.46. The molecule has 1 atom stereocenters. The van der Waals surface area contributed by atoms with Crippen molar-refractivity contribution in [3.8, 4) is 0 Å². The van der Waals surface area contributed by atoms with Crippen molar-refractivity contribution >= 4 is 22.0 Å². The molecular formula is C12H21N3O4S. The maximum absolute atomic E-state index is 12.6. The molecule has 1 saturated heterocycles. The molecule has 1 N–H and O–H groups in total. The number of nitrogens with one attached hydrogen (secondary N) is 1. The maximum Gasteiger partial charge on any atom is 0.283 e. The van der Waals surface area contributed by atoms with Gasteiger partial charge in [-0.2, -0.15) is 17.0 Å². The van der Waals surface area contributed by atoms with Crippen LogP contribution in [0.5, 0.6) is 0 Å². The largest absolute Gasteiger partial charge is 0.294 e. The van der Waals surface area contributed by atoms with Gasteiger partial charge in [-0.25, -0.2) is 0 Å². The minimum atomic E-state index is -3.79. The first kappa shape index (κ1) is 15.4. The van der Waals surface area contributed by atoms with E-state index in [1.165, 1.54) is 18.3 Å². The third kappa shape index (κ3) is 2.87. The lowest BCUT2D eigenvalue weighted by Gasteiger charge is -2.37. The number of imide groups is 1. The summed E-state index contributed by atoms with van der Waals surface area (Å²) in [5.74, 6) is -1.14. The molecule has 7 nitrogen and oxygen atoms in total. The molecule has 0 aromatic carbocycles. The highest BCUT2D eigenvalue weighted by Gasteiger charge is 2.41. The third-order valence-electron chi connectivity index (χ3n) is 4.12. The number of carbonyl (C=O) groups excluding carboxylic acids is 2. The van der Waals surface area contributed by atoms with Crippen molar-refractivity contribution in [2.45, 2.75) is 51.1 Å². The van der Waals surface area contributed by atoms with Crippen molar-refractivity contribution in [1.29, 1.82) is 0 Å². The van der Waals surface area contributed by atoms with Crippen LogP contribution in [0.15, 0.2) is 0 Å². The van der Waals surface area contributed by atoms with E-state index in [9.17, 15) is 18.0 Å². The van der Waals surface area contributed by atoms with Crippen LogP contribution in [-0.2, 0) is 19.8 Å². The van der Waals surface area contributed by atoms with Crippen molar-refractivity contribution in [2.75, 3.05) is 13.6 Å². The molecule has 2 rings (SSSR count). The summed E-state index contributed by atoms with van der Waals surface area (Å²) in [5, 5.41) is 2.15. The van der Waals surface area contributed by atoms with Gasteiger partial charge in [0.1, 0.15) is 6.04 Å². The van der Waals surface area contributed by atoms with Crippen molar-refractivity contribution in [1.82, 2.24) is 13.9 Å². The molecule has 1 unspecified atom stereocenters. The molecule has 2 amide bonds. The summed E-state index contributed by atoms with van der Waals surface area (Å²) in [6.07, 6.45) is 4.82. The SMILES string of the molecule is CC1C(=O)NC(=O)CN1S(=O)(=O)N(C)C1CCCCC1. The molecule has 2 fully saturated rings. The smallest absolute Gasteiger partial charge is 0.283 e. The lowest BCUT2D eigenvalue weighted by atomic mass is 9.96. The summed E-state index contributed by atoms with van der Waals surface area (Å²) in [6.45, 7) is 1.19. The predicted octanol–water partition coefficient (Wildman–Crippen LogP) is -0.157. The van der Waals surface area contributed by atoms with Gasteiger partial charge < -0.3 is 0 Å². The van der Waals surface area contributed by atoms with Crippen LogP contribution in [0, 0.1) is 0 Å². The minimum Gasteiger partial charge on any atom is -0.294 e. The van der Waals surface area contributed by atoms with Gasteiger partial charge in [0.05, 0.1) is 6.54 Å². The molecule has 2 aliphatic rings. The molecule has 0 radical (unpaired) electrons. The van der Waals surface area contributed by atoms with Crippen LogP contribution in [0.4, 0.5) is 0 Å². The van der Waals surface area contributed by atoms with Gasteiger partial charge in [0, 0.05) is 13.1 Å². The molecule has 1 aliphatic carbocycles. The second kappa shape index (κ2) is 5.79. The van der Waals surface area contributed by atoms with Gasteiger partial charge in [-0.3, -0.25) is 14.9 Å². The van der Waals surface area contributed by atoms with Gasteiger partial charge in [0.2, 0.25) is 11.8 Å². The predicted molar refractivity (Wildman–Crippen MR) is 72.9 cm³/mol. The number of hydrogen-bond donors (Lipinski definition) is 1. The van der Waals surface area contributed by atoms with Crippen LogP contribution in [0.3, 0.4) is 0 Å². The lowest BCUT2D eigenvalue weighted by molar-refractivity contribution is -0.136. The fourth-order valence-electron chi connectivity index (χ4n) is 2.77. The van der Waals surface area contributed by atoms with E-state index in [1.54, 1.807) is 0 Å². The zero-order chi connectivity index (χ0) is 14.9. The molecule has 1 saturated carbocycles. The standard InChI is InChI=1S/C12H21N3O4S/c1-9-12(17)13-11(16)8-15(9)20(18,19)14(2)10-6-4-3-5-7-10/h9-10H,3-8H2,1-2H3,(H,13,16,17). The van der Waals surface area contributed by atoms with Crippen molar-refractivity contribution in [2.24, 2.45) is 0 Å². The minimum absolute atomic E-state index is 0.0407. The number of rotatable bonds is 3. The van der Waals surface area contributed by atoms with E-state index in [2.05, 4.69) is 5.32 Å². The van der Waals surface area contributed by atoms with Crippen LogP contribution in [0.2, 0.25) is 0 Å². The van der Waals surface area contributed by atoms with E-state index in [4.69, 9.17) is 0 Å². The van der Waals surface area contributed by atoms with Crippen molar-refractivity contribution in [3.05, 3.63) is 0 Å². The Morgan fingerprint density at radius 2 is 1.80 bits per heavy atom. The number of carbonyl (C=O) groups is 2. The Morgan fingerprint density at radius 3 is 2.40 bits per heavy atom. The van der Waals surface area contributed by atoms with Crippen LogP contribution < -0.4 is 5.32 Å². The van der Waals surface area contributed by atoms with E-state index in [-0.39, 0.29) is 12.6 Å².